The van der Waals surface area contributed by atoms with Crippen LogP contribution in [0.1, 0.15) is 17.2 Å². The van der Waals surface area contributed by atoms with Crippen molar-refractivity contribution in [3.63, 3.8) is 0 Å². The summed E-state index contributed by atoms with van der Waals surface area (Å²) in [5, 5.41) is 0. The molecule has 6 heteroatoms. The highest BCUT2D eigenvalue weighted by atomic mass is 32.2. The first-order valence-corrected chi connectivity index (χ1v) is 9.97. The van der Waals surface area contributed by atoms with E-state index in [0.717, 1.165) is 11.1 Å². The van der Waals surface area contributed by atoms with E-state index in [9.17, 15) is 8.42 Å². The maximum atomic E-state index is 12.5. The summed E-state index contributed by atoms with van der Waals surface area (Å²) < 4.78 is 31.1. The van der Waals surface area contributed by atoms with Crippen molar-refractivity contribution in [2.45, 2.75) is 11.0 Å². The molecule has 0 radical (unpaired) electrons. The van der Waals surface area contributed by atoms with Crippen molar-refractivity contribution in [3.05, 3.63) is 102 Å². The highest BCUT2D eigenvalue weighted by Crippen LogP contribution is 2.35. The number of nitrogens with one attached hydrogen (secondary N) is 2. The quantitative estimate of drug-likeness (QED) is 0.665. The zero-order chi connectivity index (χ0) is 18.7. The molecule has 1 aliphatic rings. The van der Waals surface area contributed by atoms with E-state index in [1.165, 1.54) is 0 Å². The summed E-state index contributed by atoms with van der Waals surface area (Å²) in [6.07, 6.45) is 1.55. The summed E-state index contributed by atoms with van der Waals surface area (Å²) in [4.78, 5) is 2.65. The second kappa shape index (κ2) is 7.26. The molecule has 0 amide bonds. The van der Waals surface area contributed by atoms with Crippen LogP contribution in [0.15, 0.2) is 95.9 Å². The molecule has 3 aromatic rings. The Morgan fingerprint density at radius 3 is 2.15 bits per heavy atom. The number of rotatable bonds is 5. The van der Waals surface area contributed by atoms with Crippen LogP contribution in [-0.2, 0) is 10.0 Å². The monoisotopic (exact) mass is 378 g/mol. The van der Waals surface area contributed by atoms with E-state index < -0.39 is 10.0 Å². The molecule has 0 saturated heterocycles. The second-order valence-electron chi connectivity index (χ2n) is 6.07. The fraction of sp³-hybridized carbons (Fsp3) is 0.0476. The Bertz CT molecular complexity index is 1060. The fourth-order valence-corrected chi connectivity index (χ4v) is 3.78. The lowest BCUT2D eigenvalue weighted by Crippen LogP contribution is -2.37. The van der Waals surface area contributed by atoms with Crippen LogP contribution in [0.5, 0.6) is 5.75 Å². The molecule has 3 aromatic carbocycles. The van der Waals surface area contributed by atoms with Gasteiger partial charge in [0.05, 0.1) is 10.6 Å². The standard InChI is InChI=1S/C21H18N2O3S/c24-27(25,17-11-5-2-6-12-17)23-22-19-15-21(16-9-3-1-4-10-16)26-20-14-8-7-13-18(19)20/h1-15,21-23H/t21-/m1/s1. The minimum Gasteiger partial charge on any atom is -0.481 e. The van der Waals surface area contributed by atoms with Crippen LogP contribution >= 0.6 is 0 Å². The Hall–Kier alpha value is -3.09. The van der Waals surface area contributed by atoms with Crippen LogP contribution in [0.25, 0.3) is 5.70 Å². The van der Waals surface area contributed by atoms with E-state index in [-0.39, 0.29) is 11.0 Å². The van der Waals surface area contributed by atoms with Crippen LogP contribution in [0, 0.1) is 0 Å². The topological polar surface area (TPSA) is 67.4 Å². The molecule has 1 atom stereocenters. The summed E-state index contributed by atoms with van der Waals surface area (Å²) in [5.41, 5.74) is 5.28. The van der Waals surface area contributed by atoms with Crippen LogP contribution in [0.4, 0.5) is 0 Å². The molecule has 27 heavy (non-hydrogen) atoms. The molecule has 136 valence electrons. The number of fused-ring (bicyclic) bond motifs is 1. The summed E-state index contributed by atoms with van der Waals surface area (Å²) in [5.74, 6) is 0.690. The third-order valence-corrected chi connectivity index (χ3v) is 5.51. The molecule has 0 unspecified atom stereocenters. The molecular formula is C21H18N2O3S. The van der Waals surface area contributed by atoms with Gasteiger partial charge in [-0.25, -0.2) is 8.42 Å². The maximum Gasteiger partial charge on any atom is 0.257 e. The van der Waals surface area contributed by atoms with E-state index >= 15 is 0 Å². The van der Waals surface area contributed by atoms with Gasteiger partial charge in [-0.15, -0.1) is 4.83 Å². The lowest BCUT2D eigenvalue weighted by atomic mass is 10.0. The molecule has 1 heterocycles. The SMILES string of the molecule is O=S(=O)(NNC1=C[C@H](c2ccccc2)Oc2ccccc21)c1ccccc1. The molecule has 5 nitrogen and oxygen atoms in total. The minimum atomic E-state index is -3.69. The molecule has 2 N–H and O–H groups in total. The van der Waals surface area contributed by atoms with Gasteiger partial charge in [-0.2, -0.15) is 0 Å². The maximum absolute atomic E-state index is 12.5. The normalized spacial score (nSPS) is 16.0. The first kappa shape index (κ1) is 17.3. The van der Waals surface area contributed by atoms with E-state index in [0.29, 0.717) is 11.4 Å². The van der Waals surface area contributed by atoms with Crippen molar-refractivity contribution in [2.75, 3.05) is 0 Å². The Kier molecular flexibility index (Phi) is 4.66. The van der Waals surface area contributed by atoms with Gasteiger partial charge in [-0.1, -0.05) is 60.7 Å². The van der Waals surface area contributed by atoms with Gasteiger partial charge in [0.1, 0.15) is 11.9 Å². The van der Waals surface area contributed by atoms with Crippen LogP contribution in [0.2, 0.25) is 0 Å². The Labute approximate surface area is 158 Å². The lowest BCUT2D eigenvalue weighted by molar-refractivity contribution is 0.249. The third kappa shape index (κ3) is 3.72. The molecule has 1 aliphatic heterocycles. The predicted molar refractivity (Wildman–Crippen MR) is 104 cm³/mol. The van der Waals surface area contributed by atoms with Crippen molar-refractivity contribution in [2.24, 2.45) is 0 Å². The van der Waals surface area contributed by atoms with Gasteiger partial charge in [-0.3, -0.25) is 0 Å². The summed E-state index contributed by atoms with van der Waals surface area (Å²) >= 11 is 0. The molecule has 0 aromatic heterocycles. The Morgan fingerprint density at radius 1 is 0.778 bits per heavy atom. The lowest BCUT2D eigenvalue weighted by Gasteiger charge is -2.26. The molecule has 0 aliphatic carbocycles. The molecular weight excluding hydrogens is 360 g/mol. The van der Waals surface area contributed by atoms with E-state index in [1.807, 2.05) is 60.7 Å². The smallest absolute Gasteiger partial charge is 0.257 e. The molecule has 0 saturated carbocycles. The van der Waals surface area contributed by atoms with Crippen LogP contribution < -0.4 is 15.0 Å². The predicted octanol–water partition coefficient (Wildman–Crippen LogP) is 3.64. The molecule has 0 spiro atoms. The largest absolute Gasteiger partial charge is 0.481 e. The first-order chi connectivity index (χ1) is 13.1. The van der Waals surface area contributed by atoms with E-state index in [1.54, 1.807) is 30.3 Å². The Morgan fingerprint density at radius 2 is 1.41 bits per heavy atom. The zero-order valence-electron chi connectivity index (χ0n) is 14.4. The van der Waals surface area contributed by atoms with E-state index in [2.05, 4.69) is 10.3 Å². The van der Waals surface area contributed by atoms with Crippen molar-refractivity contribution >= 4 is 15.7 Å². The molecule has 4 rings (SSSR count). The van der Waals surface area contributed by atoms with Crippen molar-refractivity contribution in [1.82, 2.24) is 10.3 Å². The van der Waals surface area contributed by atoms with Gasteiger partial charge in [0.2, 0.25) is 0 Å². The summed E-state index contributed by atoms with van der Waals surface area (Å²) in [7, 11) is -3.69. The second-order valence-corrected chi connectivity index (χ2v) is 7.75. The van der Waals surface area contributed by atoms with Crippen LogP contribution in [-0.4, -0.2) is 8.42 Å². The van der Waals surface area contributed by atoms with Crippen molar-refractivity contribution in [1.29, 1.82) is 0 Å². The average Bonchev–Trinajstić information content (AvgIpc) is 2.73. The average molecular weight is 378 g/mol. The van der Waals surface area contributed by atoms with Gasteiger partial charge < -0.3 is 10.2 Å². The third-order valence-electron chi connectivity index (χ3n) is 4.25. The number of benzene rings is 3. The van der Waals surface area contributed by atoms with E-state index in [4.69, 9.17) is 4.74 Å². The number of hydrazine groups is 1. The summed E-state index contributed by atoms with van der Waals surface area (Å²) in [6, 6.07) is 25.5. The van der Waals surface area contributed by atoms with Crippen molar-refractivity contribution < 1.29 is 13.2 Å². The van der Waals surface area contributed by atoms with Gasteiger partial charge in [0, 0.05) is 5.56 Å². The summed E-state index contributed by atoms with van der Waals surface area (Å²) in [6.45, 7) is 0. The number of sulfonamides is 1. The van der Waals surface area contributed by atoms with Gasteiger partial charge >= 0.3 is 0 Å². The number of hydrogen-bond donors (Lipinski definition) is 2. The van der Waals surface area contributed by atoms with Crippen LogP contribution in [0.3, 0.4) is 0 Å². The minimum absolute atomic E-state index is 0.193. The molecule has 0 fully saturated rings. The first-order valence-electron chi connectivity index (χ1n) is 8.49. The molecule has 0 bridgehead atoms. The number of para-hydroxylation sites is 1. The van der Waals surface area contributed by atoms with Crippen molar-refractivity contribution in [3.8, 4) is 5.75 Å². The zero-order valence-corrected chi connectivity index (χ0v) is 15.2. The Balaban J connectivity index is 1.63. The number of hydrogen-bond acceptors (Lipinski definition) is 4. The highest BCUT2D eigenvalue weighted by Gasteiger charge is 2.23. The number of ether oxygens (including phenoxy) is 1. The van der Waals surface area contributed by atoms with Gasteiger partial charge in [-0.05, 0) is 35.9 Å². The highest BCUT2D eigenvalue weighted by molar-refractivity contribution is 7.89. The van der Waals surface area contributed by atoms with Gasteiger partial charge in [0.25, 0.3) is 10.0 Å². The fourth-order valence-electron chi connectivity index (χ4n) is 2.90. The van der Waals surface area contributed by atoms with Gasteiger partial charge in [0.15, 0.2) is 0 Å².